The molecule has 0 atom stereocenters. The van der Waals surface area contributed by atoms with Crippen LogP contribution in [0, 0.1) is 0 Å². The molecule has 0 radical (unpaired) electrons. The van der Waals surface area contributed by atoms with E-state index in [-0.39, 0.29) is 5.78 Å². The van der Waals surface area contributed by atoms with E-state index in [2.05, 4.69) is 33.0 Å². The topological polar surface area (TPSA) is 54.9 Å². The van der Waals surface area contributed by atoms with E-state index in [4.69, 9.17) is 0 Å². The summed E-state index contributed by atoms with van der Waals surface area (Å²) >= 11 is 5.01. The molecule has 4 nitrogen and oxygen atoms in total. The Hall–Kier alpha value is -1.70. The second-order valence-electron chi connectivity index (χ2n) is 5.37. The molecule has 0 saturated carbocycles. The summed E-state index contributed by atoms with van der Waals surface area (Å²) in [6.07, 6.45) is 2.42. The summed E-state index contributed by atoms with van der Waals surface area (Å²) in [5.74, 6) is 1.08. The zero-order valence-corrected chi connectivity index (χ0v) is 16.1. The Balaban J connectivity index is 1.33. The van der Waals surface area contributed by atoms with Gasteiger partial charge in [0.1, 0.15) is 0 Å². The molecule has 0 aliphatic rings. The minimum Gasteiger partial charge on any atom is -0.360 e. The molecule has 0 unspecified atom stereocenters. The standard InChI is InChI=1S/C18H19N3OS3/c22-16(14-6-2-1-3-7-14)9-5-13-24-18-21-20-17(25-18)19-11-10-15-8-4-12-23-15/h1-4,6-8,12H,5,9-11,13H2,(H,19,20). The van der Waals surface area contributed by atoms with E-state index in [0.717, 1.165) is 40.2 Å². The molecule has 0 aliphatic carbocycles. The second-order valence-corrected chi connectivity index (χ2v) is 8.72. The molecule has 0 aliphatic heterocycles. The summed E-state index contributed by atoms with van der Waals surface area (Å²) < 4.78 is 0.950. The number of nitrogens with zero attached hydrogens (tertiary/aromatic N) is 2. The first-order valence-electron chi connectivity index (χ1n) is 8.12. The van der Waals surface area contributed by atoms with E-state index in [9.17, 15) is 4.79 Å². The van der Waals surface area contributed by atoms with E-state index >= 15 is 0 Å². The van der Waals surface area contributed by atoms with Crippen molar-refractivity contribution in [2.24, 2.45) is 0 Å². The number of ketones is 1. The van der Waals surface area contributed by atoms with Crippen molar-refractivity contribution < 1.29 is 4.79 Å². The van der Waals surface area contributed by atoms with Gasteiger partial charge in [-0.05, 0) is 24.3 Å². The first kappa shape index (κ1) is 18.1. The molecule has 0 fully saturated rings. The van der Waals surface area contributed by atoms with Gasteiger partial charge in [-0.15, -0.1) is 21.5 Å². The molecule has 0 spiro atoms. The Morgan fingerprint density at radius 3 is 2.80 bits per heavy atom. The number of carbonyl (C=O) groups excluding carboxylic acids is 1. The van der Waals surface area contributed by atoms with Gasteiger partial charge in [0, 0.05) is 29.2 Å². The number of nitrogens with one attached hydrogen (secondary N) is 1. The van der Waals surface area contributed by atoms with Crippen molar-refractivity contribution in [2.75, 3.05) is 17.6 Å². The first-order chi connectivity index (χ1) is 12.3. The minimum atomic E-state index is 0.203. The third-order valence-corrected chi connectivity index (χ3v) is 6.54. The lowest BCUT2D eigenvalue weighted by atomic mass is 10.1. The maximum atomic E-state index is 12.0. The van der Waals surface area contributed by atoms with Crippen LogP contribution in [0.5, 0.6) is 0 Å². The Morgan fingerprint density at radius 1 is 1.12 bits per heavy atom. The van der Waals surface area contributed by atoms with Crippen LogP contribution in [0.2, 0.25) is 0 Å². The SMILES string of the molecule is O=C(CCCSc1nnc(NCCc2cccs2)s1)c1ccccc1. The number of hydrogen-bond donors (Lipinski definition) is 1. The lowest BCUT2D eigenvalue weighted by Crippen LogP contribution is -2.03. The number of thioether (sulfide) groups is 1. The van der Waals surface area contributed by atoms with Crippen LogP contribution >= 0.6 is 34.4 Å². The molecule has 130 valence electrons. The summed E-state index contributed by atoms with van der Waals surface area (Å²) in [6.45, 7) is 0.866. The van der Waals surface area contributed by atoms with Crippen LogP contribution in [0.15, 0.2) is 52.2 Å². The highest BCUT2D eigenvalue weighted by Crippen LogP contribution is 2.26. The normalized spacial score (nSPS) is 10.7. The van der Waals surface area contributed by atoms with Gasteiger partial charge in [0.15, 0.2) is 10.1 Å². The molecule has 3 rings (SSSR count). The Bertz CT molecular complexity index is 772. The van der Waals surface area contributed by atoms with Gasteiger partial charge in [0.25, 0.3) is 0 Å². The number of hydrogen-bond acceptors (Lipinski definition) is 7. The van der Waals surface area contributed by atoms with Gasteiger partial charge in [-0.3, -0.25) is 4.79 Å². The fraction of sp³-hybridized carbons (Fsp3) is 0.278. The fourth-order valence-electron chi connectivity index (χ4n) is 2.25. The molecule has 1 N–H and O–H groups in total. The van der Waals surface area contributed by atoms with E-state index < -0.39 is 0 Å². The summed E-state index contributed by atoms with van der Waals surface area (Å²) in [5.41, 5.74) is 0.792. The van der Waals surface area contributed by atoms with Crippen LogP contribution in [0.25, 0.3) is 0 Å². The van der Waals surface area contributed by atoms with Crippen molar-refractivity contribution in [3.8, 4) is 0 Å². The lowest BCUT2D eigenvalue weighted by Gasteiger charge is -2.00. The first-order valence-corrected chi connectivity index (χ1v) is 10.8. The number of benzene rings is 1. The number of thiophene rings is 1. The maximum Gasteiger partial charge on any atom is 0.206 e. The van der Waals surface area contributed by atoms with Crippen LogP contribution in [-0.2, 0) is 6.42 Å². The minimum absolute atomic E-state index is 0.203. The summed E-state index contributed by atoms with van der Waals surface area (Å²) in [5, 5.41) is 14.6. The highest BCUT2D eigenvalue weighted by atomic mass is 32.2. The highest BCUT2D eigenvalue weighted by molar-refractivity contribution is 8.01. The number of aromatic nitrogens is 2. The van der Waals surface area contributed by atoms with Gasteiger partial charge in [-0.25, -0.2) is 0 Å². The van der Waals surface area contributed by atoms with Gasteiger partial charge in [-0.2, -0.15) is 0 Å². The molecule has 7 heteroatoms. The van der Waals surface area contributed by atoms with Crippen LogP contribution in [-0.4, -0.2) is 28.3 Å². The van der Waals surface area contributed by atoms with Crippen molar-refractivity contribution in [2.45, 2.75) is 23.6 Å². The predicted octanol–water partition coefficient (Wildman–Crippen LogP) is 5.01. The Morgan fingerprint density at radius 2 is 2.00 bits per heavy atom. The molecule has 25 heavy (non-hydrogen) atoms. The number of carbonyl (C=O) groups is 1. The van der Waals surface area contributed by atoms with Crippen LogP contribution < -0.4 is 5.32 Å². The zero-order chi connectivity index (χ0) is 17.3. The maximum absolute atomic E-state index is 12.0. The fourth-order valence-corrected chi connectivity index (χ4v) is 4.74. The largest absolute Gasteiger partial charge is 0.360 e. The molecule has 2 aromatic heterocycles. The zero-order valence-electron chi connectivity index (χ0n) is 13.7. The van der Waals surface area contributed by atoms with Crippen LogP contribution in [0.3, 0.4) is 0 Å². The van der Waals surface area contributed by atoms with Gasteiger partial charge in [0.05, 0.1) is 0 Å². The van der Waals surface area contributed by atoms with E-state index in [0.29, 0.717) is 6.42 Å². The molecule has 2 heterocycles. The van der Waals surface area contributed by atoms with E-state index in [1.54, 1.807) is 34.4 Å². The van der Waals surface area contributed by atoms with Gasteiger partial charge in [0.2, 0.25) is 5.13 Å². The molecule has 3 aromatic rings. The number of rotatable bonds is 10. The summed E-state index contributed by atoms with van der Waals surface area (Å²) in [4.78, 5) is 13.4. The molecular formula is C18H19N3OS3. The number of Topliss-reactive ketones (excluding diaryl/α,β-unsaturated/α-hetero) is 1. The van der Waals surface area contributed by atoms with Crippen LogP contribution in [0.1, 0.15) is 28.1 Å². The Labute approximate surface area is 159 Å². The monoisotopic (exact) mass is 389 g/mol. The molecule has 0 bridgehead atoms. The average Bonchev–Trinajstić information content (AvgIpc) is 3.31. The summed E-state index contributed by atoms with van der Waals surface area (Å²) in [7, 11) is 0. The molecular weight excluding hydrogens is 370 g/mol. The van der Waals surface area contributed by atoms with Crippen molar-refractivity contribution >= 4 is 45.4 Å². The van der Waals surface area contributed by atoms with E-state index in [1.807, 2.05) is 30.3 Å². The van der Waals surface area contributed by atoms with Crippen molar-refractivity contribution in [1.29, 1.82) is 0 Å². The Kier molecular flexibility index (Phi) is 7.02. The second kappa shape index (κ2) is 9.70. The van der Waals surface area contributed by atoms with Crippen LogP contribution in [0.4, 0.5) is 5.13 Å². The lowest BCUT2D eigenvalue weighted by molar-refractivity contribution is 0.0982. The predicted molar refractivity (Wildman–Crippen MR) is 107 cm³/mol. The smallest absolute Gasteiger partial charge is 0.206 e. The van der Waals surface area contributed by atoms with Crippen molar-refractivity contribution in [1.82, 2.24) is 10.2 Å². The van der Waals surface area contributed by atoms with E-state index in [1.165, 1.54) is 4.88 Å². The third kappa shape index (κ3) is 5.95. The highest BCUT2D eigenvalue weighted by Gasteiger charge is 2.07. The molecule has 0 saturated heterocycles. The van der Waals surface area contributed by atoms with Gasteiger partial charge < -0.3 is 5.32 Å². The van der Waals surface area contributed by atoms with Crippen molar-refractivity contribution in [3.05, 3.63) is 58.3 Å². The van der Waals surface area contributed by atoms with Gasteiger partial charge >= 0.3 is 0 Å². The third-order valence-electron chi connectivity index (χ3n) is 3.50. The molecule has 1 aromatic carbocycles. The van der Waals surface area contributed by atoms with Crippen molar-refractivity contribution in [3.63, 3.8) is 0 Å². The summed E-state index contributed by atoms with van der Waals surface area (Å²) in [6, 6.07) is 13.7. The average molecular weight is 390 g/mol. The number of anilines is 1. The molecule has 0 amide bonds. The quantitative estimate of drug-likeness (QED) is 0.300. The van der Waals surface area contributed by atoms with Gasteiger partial charge in [-0.1, -0.05) is 59.5 Å².